The zero-order valence-electron chi connectivity index (χ0n) is 15.8. The van der Waals surface area contributed by atoms with Crippen molar-refractivity contribution in [2.24, 2.45) is 0 Å². The van der Waals surface area contributed by atoms with Gasteiger partial charge >= 0.3 is 0 Å². The summed E-state index contributed by atoms with van der Waals surface area (Å²) in [4.78, 5) is 20.2. The van der Waals surface area contributed by atoms with E-state index >= 15 is 0 Å². The summed E-state index contributed by atoms with van der Waals surface area (Å²) in [5, 5.41) is 2.03. The first-order valence-electron chi connectivity index (χ1n) is 9.08. The van der Waals surface area contributed by atoms with Crippen LogP contribution in [0, 0.1) is 0 Å². The van der Waals surface area contributed by atoms with E-state index in [1.165, 1.54) is 4.88 Å². The number of imidazole rings is 1. The van der Waals surface area contributed by atoms with E-state index in [-0.39, 0.29) is 11.9 Å². The monoisotopic (exact) mass is 391 g/mol. The van der Waals surface area contributed by atoms with Crippen molar-refractivity contribution < 1.29 is 9.53 Å². The number of fused-ring (bicyclic) bond motifs is 1. The second kappa shape index (κ2) is 7.86. The molecule has 28 heavy (non-hydrogen) atoms. The summed E-state index contributed by atoms with van der Waals surface area (Å²) in [7, 11) is 1.83. The van der Waals surface area contributed by atoms with Crippen LogP contribution in [-0.2, 0) is 6.61 Å². The smallest absolute Gasteiger partial charge is 0.254 e. The molecular formula is C22H21N3O2S. The Morgan fingerprint density at radius 3 is 2.71 bits per heavy atom. The second-order valence-corrected chi connectivity index (χ2v) is 7.60. The fraction of sp³-hybridized carbons (Fsp3) is 0.182. The highest BCUT2D eigenvalue weighted by molar-refractivity contribution is 7.10. The molecule has 0 radical (unpaired) electrons. The van der Waals surface area contributed by atoms with Gasteiger partial charge in [0.15, 0.2) is 0 Å². The van der Waals surface area contributed by atoms with Crippen molar-refractivity contribution in [1.29, 1.82) is 0 Å². The normalized spacial score (nSPS) is 12.1. The van der Waals surface area contributed by atoms with Gasteiger partial charge in [0.05, 0.1) is 11.7 Å². The third-order valence-electron chi connectivity index (χ3n) is 4.76. The van der Waals surface area contributed by atoms with Gasteiger partial charge in [-0.3, -0.25) is 4.79 Å². The van der Waals surface area contributed by atoms with E-state index in [1.807, 2.05) is 72.5 Å². The Balaban J connectivity index is 1.39. The number of carbonyl (C=O) groups excluding carboxylic acids is 1. The fourth-order valence-corrected chi connectivity index (χ4v) is 3.83. The van der Waals surface area contributed by atoms with Crippen molar-refractivity contribution in [2.45, 2.75) is 19.6 Å². The van der Waals surface area contributed by atoms with Gasteiger partial charge in [-0.1, -0.05) is 12.1 Å². The topological polar surface area (TPSA) is 46.8 Å². The molecule has 0 saturated heterocycles. The van der Waals surface area contributed by atoms with E-state index in [9.17, 15) is 4.79 Å². The Hall–Kier alpha value is -3.12. The zero-order chi connectivity index (χ0) is 19.5. The lowest BCUT2D eigenvalue weighted by Gasteiger charge is -2.24. The number of rotatable bonds is 6. The average Bonchev–Trinajstić information content (AvgIpc) is 3.40. The second-order valence-electron chi connectivity index (χ2n) is 6.62. The molecule has 5 nitrogen and oxygen atoms in total. The summed E-state index contributed by atoms with van der Waals surface area (Å²) in [6.07, 6.45) is 3.91. The molecule has 1 aromatic carbocycles. The maximum absolute atomic E-state index is 12.7. The predicted molar refractivity (Wildman–Crippen MR) is 111 cm³/mol. The van der Waals surface area contributed by atoms with Gasteiger partial charge < -0.3 is 14.0 Å². The number of amides is 1. The SMILES string of the molecule is C[C@H](c1cccs1)N(C)C(=O)c1ccc(OCc2cn3ccccc3n2)cc1. The molecule has 142 valence electrons. The standard InChI is InChI=1S/C22H21N3O2S/c1-16(20-6-5-13-28-20)24(2)22(26)17-8-10-19(11-9-17)27-15-18-14-25-12-4-3-7-21(25)23-18/h3-14,16H,15H2,1-2H3/t16-/m1/s1. The van der Waals surface area contributed by atoms with E-state index in [1.54, 1.807) is 28.4 Å². The fourth-order valence-electron chi connectivity index (χ4n) is 3.01. The molecule has 6 heteroatoms. The molecule has 1 atom stereocenters. The van der Waals surface area contributed by atoms with Gasteiger partial charge in [-0.25, -0.2) is 4.98 Å². The lowest BCUT2D eigenvalue weighted by molar-refractivity contribution is 0.0745. The quantitative estimate of drug-likeness (QED) is 0.474. The van der Waals surface area contributed by atoms with Gasteiger partial charge in [0.1, 0.15) is 18.0 Å². The molecule has 0 bridgehead atoms. The van der Waals surface area contributed by atoms with E-state index in [0.717, 1.165) is 11.3 Å². The summed E-state index contributed by atoms with van der Waals surface area (Å²) in [6, 6.07) is 17.2. The van der Waals surface area contributed by atoms with Gasteiger partial charge in [-0.05, 0) is 54.8 Å². The lowest BCUT2D eigenvalue weighted by Crippen LogP contribution is -2.29. The third-order valence-corrected chi connectivity index (χ3v) is 5.80. The first-order valence-corrected chi connectivity index (χ1v) is 9.96. The molecule has 0 unspecified atom stereocenters. The van der Waals surface area contributed by atoms with Gasteiger partial charge in [-0.2, -0.15) is 0 Å². The molecule has 0 N–H and O–H groups in total. The highest BCUT2D eigenvalue weighted by Gasteiger charge is 2.19. The number of pyridine rings is 1. The first kappa shape index (κ1) is 18.3. The lowest BCUT2D eigenvalue weighted by atomic mass is 10.1. The van der Waals surface area contributed by atoms with Crippen LogP contribution in [-0.4, -0.2) is 27.2 Å². The van der Waals surface area contributed by atoms with Crippen molar-refractivity contribution in [1.82, 2.24) is 14.3 Å². The number of aromatic nitrogens is 2. The van der Waals surface area contributed by atoms with Crippen LogP contribution in [0.5, 0.6) is 5.75 Å². The Morgan fingerprint density at radius 2 is 2.00 bits per heavy atom. The molecule has 0 spiro atoms. The number of hydrogen-bond acceptors (Lipinski definition) is 4. The van der Waals surface area contributed by atoms with Crippen molar-refractivity contribution >= 4 is 22.9 Å². The van der Waals surface area contributed by atoms with E-state index in [2.05, 4.69) is 11.1 Å². The van der Waals surface area contributed by atoms with Crippen molar-refractivity contribution in [3.8, 4) is 5.75 Å². The Kier molecular flexibility index (Phi) is 5.12. The van der Waals surface area contributed by atoms with Crippen LogP contribution in [0.25, 0.3) is 5.65 Å². The highest BCUT2D eigenvalue weighted by Crippen LogP contribution is 2.25. The molecule has 0 saturated carbocycles. The summed E-state index contributed by atoms with van der Waals surface area (Å²) >= 11 is 1.66. The molecule has 4 aromatic rings. The number of carbonyl (C=O) groups is 1. The molecule has 4 rings (SSSR count). The van der Waals surface area contributed by atoms with Gasteiger partial charge in [-0.15, -0.1) is 11.3 Å². The molecule has 0 aliphatic rings. The van der Waals surface area contributed by atoms with Crippen LogP contribution >= 0.6 is 11.3 Å². The number of nitrogens with zero attached hydrogens (tertiary/aromatic N) is 3. The summed E-state index contributed by atoms with van der Waals surface area (Å²) in [5.74, 6) is 0.704. The van der Waals surface area contributed by atoms with E-state index < -0.39 is 0 Å². The molecule has 0 fully saturated rings. The number of hydrogen-bond donors (Lipinski definition) is 0. The molecule has 0 aliphatic heterocycles. The first-order chi connectivity index (χ1) is 13.6. The number of ether oxygens (including phenoxy) is 1. The maximum atomic E-state index is 12.7. The minimum Gasteiger partial charge on any atom is -0.487 e. The summed E-state index contributed by atoms with van der Waals surface area (Å²) in [5.41, 5.74) is 2.40. The zero-order valence-corrected chi connectivity index (χ0v) is 16.6. The van der Waals surface area contributed by atoms with Crippen LogP contribution in [0.1, 0.15) is 33.9 Å². The summed E-state index contributed by atoms with van der Waals surface area (Å²) < 4.78 is 7.79. The van der Waals surface area contributed by atoms with E-state index in [4.69, 9.17) is 4.74 Å². The minimum absolute atomic E-state index is 0.00667. The molecule has 3 aromatic heterocycles. The van der Waals surface area contributed by atoms with Crippen molar-refractivity contribution in [3.63, 3.8) is 0 Å². The molecule has 1 amide bonds. The molecule has 0 aliphatic carbocycles. The average molecular weight is 391 g/mol. The Bertz CT molecular complexity index is 1040. The Morgan fingerprint density at radius 1 is 1.18 bits per heavy atom. The van der Waals surface area contributed by atoms with Gasteiger partial charge in [0.25, 0.3) is 5.91 Å². The number of benzene rings is 1. The van der Waals surface area contributed by atoms with Crippen molar-refractivity contribution in [3.05, 3.63) is 88.5 Å². The van der Waals surface area contributed by atoms with Crippen LogP contribution in [0.3, 0.4) is 0 Å². The third kappa shape index (κ3) is 3.77. The van der Waals surface area contributed by atoms with Crippen LogP contribution < -0.4 is 4.74 Å². The largest absolute Gasteiger partial charge is 0.487 e. The van der Waals surface area contributed by atoms with Gasteiger partial charge in [0.2, 0.25) is 0 Å². The van der Waals surface area contributed by atoms with Crippen LogP contribution in [0.2, 0.25) is 0 Å². The van der Waals surface area contributed by atoms with Crippen LogP contribution in [0.4, 0.5) is 0 Å². The van der Waals surface area contributed by atoms with Gasteiger partial charge in [0, 0.05) is 29.9 Å². The van der Waals surface area contributed by atoms with E-state index in [0.29, 0.717) is 17.9 Å². The Labute approximate surface area is 167 Å². The highest BCUT2D eigenvalue weighted by atomic mass is 32.1. The molecule has 3 heterocycles. The molecular weight excluding hydrogens is 370 g/mol. The minimum atomic E-state index is -0.00667. The van der Waals surface area contributed by atoms with Crippen LogP contribution in [0.15, 0.2) is 72.4 Å². The number of thiophene rings is 1. The predicted octanol–water partition coefficient (Wildman–Crippen LogP) is 4.81. The maximum Gasteiger partial charge on any atom is 0.254 e. The van der Waals surface area contributed by atoms with Crippen molar-refractivity contribution in [2.75, 3.05) is 7.05 Å². The summed E-state index contributed by atoms with van der Waals surface area (Å²) in [6.45, 7) is 2.42.